The number of nitrogens with one attached hydrogen (secondary N) is 2. The zero-order valence-electron chi connectivity index (χ0n) is 21.7. The molecule has 2 N–H and O–H groups in total. The lowest BCUT2D eigenvalue weighted by atomic mass is 9.64. The Morgan fingerprint density at radius 3 is 2.75 bits per heavy atom. The molecule has 0 unspecified atom stereocenters. The number of piperidine rings is 1. The van der Waals surface area contributed by atoms with E-state index >= 15 is 0 Å². The molecular formula is C31H41FN3O+. The molecule has 1 aromatic carbocycles. The molecule has 1 spiro atoms. The number of halogens is 1. The van der Waals surface area contributed by atoms with Crippen molar-refractivity contribution in [2.75, 3.05) is 19.6 Å². The van der Waals surface area contributed by atoms with Crippen molar-refractivity contribution >= 4 is 5.91 Å². The van der Waals surface area contributed by atoms with E-state index in [-0.39, 0.29) is 29.1 Å². The first-order valence-electron chi connectivity index (χ1n) is 14.3. The van der Waals surface area contributed by atoms with E-state index in [1.54, 1.807) is 12.1 Å². The predicted molar refractivity (Wildman–Crippen MR) is 139 cm³/mol. The van der Waals surface area contributed by atoms with E-state index in [0.29, 0.717) is 11.8 Å². The van der Waals surface area contributed by atoms with Crippen LogP contribution in [0.4, 0.5) is 4.39 Å². The van der Waals surface area contributed by atoms with E-state index in [2.05, 4.69) is 34.3 Å². The largest absolute Gasteiger partial charge is 0.339 e. The summed E-state index contributed by atoms with van der Waals surface area (Å²) < 4.78 is 14.8. The van der Waals surface area contributed by atoms with Crippen LogP contribution < -0.4 is 10.3 Å². The predicted octanol–water partition coefficient (Wildman–Crippen LogP) is 5.10. The van der Waals surface area contributed by atoms with Gasteiger partial charge in [0.15, 0.2) is 11.4 Å². The number of nitrogens with zero attached hydrogens (tertiary/aromatic N) is 1. The fourth-order valence-corrected chi connectivity index (χ4v) is 8.19. The van der Waals surface area contributed by atoms with Crippen molar-refractivity contribution in [3.05, 3.63) is 64.7 Å². The number of aryl methyl sites for hydroxylation is 2. The molecule has 192 valence electrons. The first kappa shape index (κ1) is 24.1. The molecule has 1 aromatic heterocycles. The molecule has 0 radical (unpaired) electrons. The molecule has 36 heavy (non-hydrogen) atoms. The van der Waals surface area contributed by atoms with Crippen LogP contribution in [0.25, 0.3) is 0 Å². The Bertz CT molecular complexity index is 1110. The summed E-state index contributed by atoms with van der Waals surface area (Å²) in [5, 5.41) is 3.63. The van der Waals surface area contributed by atoms with Gasteiger partial charge in [0.1, 0.15) is 5.82 Å². The Kier molecular flexibility index (Phi) is 6.62. The molecule has 3 fully saturated rings. The van der Waals surface area contributed by atoms with Gasteiger partial charge in [-0.05, 0) is 68.1 Å². The first-order valence-corrected chi connectivity index (χ1v) is 14.3. The molecule has 6 rings (SSSR count). The number of aromatic amines is 1. The highest BCUT2D eigenvalue weighted by Gasteiger charge is 2.53. The minimum absolute atomic E-state index is 0.0243. The van der Waals surface area contributed by atoms with Crippen molar-refractivity contribution in [1.82, 2.24) is 10.2 Å². The van der Waals surface area contributed by atoms with Crippen LogP contribution in [0, 0.1) is 24.6 Å². The fraction of sp³-hybridized carbons (Fsp3) is 0.613. The van der Waals surface area contributed by atoms with Gasteiger partial charge in [0.25, 0.3) is 0 Å². The molecule has 4 aliphatic rings. The number of hydrogen-bond donors (Lipinski definition) is 1. The van der Waals surface area contributed by atoms with E-state index < -0.39 is 0 Å². The zero-order valence-corrected chi connectivity index (χ0v) is 21.7. The number of benzene rings is 1. The third-order valence-corrected chi connectivity index (χ3v) is 9.98. The number of carbonyl (C=O) groups is 1. The Balaban J connectivity index is 1.31. The quantitative estimate of drug-likeness (QED) is 0.651. The molecule has 2 saturated heterocycles. The number of rotatable bonds is 3. The zero-order chi connectivity index (χ0) is 24.7. The van der Waals surface area contributed by atoms with Gasteiger partial charge in [-0.2, -0.15) is 0 Å². The van der Waals surface area contributed by atoms with Crippen LogP contribution in [0.5, 0.6) is 0 Å². The van der Waals surface area contributed by atoms with Gasteiger partial charge in [-0.3, -0.25) is 4.79 Å². The summed E-state index contributed by atoms with van der Waals surface area (Å²) in [6.45, 7) is 4.51. The molecular weight excluding hydrogens is 449 g/mol. The van der Waals surface area contributed by atoms with Crippen LogP contribution in [-0.2, 0) is 16.6 Å². The monoisotopic (exact) mass is 490 g/mol. The van der Waals surface area contributed by atoms with Crippen LogP contribution in [0.15, 0.2) is 36.4 Å². The van der Waals surface area contributed by atoms with Gasteiger partial charge in [-0.25, -0.2) is 9.37 Å². The molecule has 1 amide bonds. The van der Waals surface area contributed by atoms with Crippen molar-refractivity contribution in [2.45, 2.75) is 88.5 Å². The molecule has 4 atom stereocenters. The first-order chi connectivity index (χ1) is 17.6. The minimum Gasteiger partial charge on any atom is -0.339 e. The molecule has 4 nitrogen and oxygen atoms in total. The average molecular weight is 491 g/mol. The number of amides is 1. The van der Waals surface area contributed by atoms with Gasteiger partial charge in [0, 0.05) is 56.1 Å². The summed E-state index contributed by atoms with van der Waals surface area (Å²) in [6.07, 6.45) is 11.2. The summed E-state index contributed by atoms with van der Waals surface area (Å²) in [5.74, 6) is 0.969. The molecule has 2 aromatic rings. The molecule has 2 aliphatic heterocycles. The molecule has 3 heterocycles. The summed E-state index contributed by atoms with van der Waals surface area (Å²) in [7, 11) is 0. The van der Waals surface area contributed by atoms with Crippen LogP contribution in [-0.4, -0.2) is 36.5 Å². The van der Waals surface area contributed by atoms with Gasteiger partial charge >= 0.3 is 0 Å². The second kappa shape index (κ2) is 9.89. The van der Waals surface area contributed by atoms with Crippen LogP contribution in [0.1, 0.15) is 86.2 Å². The lowest BCUT2D eigenvalue weighted by Gasteiger charge is -2.47. The summed E-state index contributed by atoms with van der Waals surface area (Å²) in [6, 6.07) is 12.0. The van der Waals surface area contributed by atoms with Crippen molar-refractivity contribution < 1.29 is 14.2 Å². The van der Waals surface area contributed by atoms with E-state index in [0.717, 1.165) is 57.3 Å². The topological polar surface area (TPSA) is 46.5 Å². The maximum Gasteiger partial charge on any atom is 0.228 e. The highest BCUT2D eigenvalue weighted by atomic mass is 19.1. The average Bonchev–Trinajstić information content (AvgIpc) is 3.32. The van der Waals surface area contributed by atoms with Crippen molar-refractivity contribution in [3.8, 4) is 0 Å². The summed E-state index contributed by atoms with van der Waals surface area (Å²) >= 11 is 0. The van der Waals surface area contributed by atoms with Gasteiger partial charge in [-0.15, -0.1) is 0 Å². The third-order valence-electron chi connectivity index (χ3n) is 9.98. The number of likely N-dealkylation sites (tertiary alicyclic amines) is 1. The van der Waals surface area contributed by atoms with E-state index in [9.17, 15) is 9.18 Å². The molecule has 2 aliphatic carbocycles. The Morgan fingerprint density at radius 2 is 1.92 bits per heavy atom. The Hall–Kier alpha value is -2.27. The van der Waals surface area contributed by atoms with Gasteiger partial charge < -0.3 is 10.2 Å². The van der Waals surface area contributed by atoms with Crippen LogP contribution in [0.3, 0.4) is 0 Å². The number of pyridine rings is 1. The molecule has 1 saturated carbocycles. The fourth-order valence-electron chi connectivity index (χ4n) is 8.19. The van der Waals surface area contributed by atoms with Crippen molar-refractivity contribution in [2.24, 2.45) is 11.8 Å². The maximum absolute atomic E-state index is 14.8. The second-order valence-electron chi connectivity index (χ2n) is 12.0. The van der Waals surface area contributed by atoms with Crippen LogP contribution in [0.2, 0.25) is 0 Å². The number of aromatic nitrogens is 1. The standard InChI is InChI=1S/C31H40FN3O/c1-21-13-14-25-28(34-21)12-7-16-31(25)20-33-19-26(31)30(36)35-17-15-23(24-10-5-6-11-27(24)32)18-29(35)22-8-3-2-4-9-22/h5-6,10-11,13-14,22-23,26,29,33H,2-4,7-9,12,15-20H2,1H3/p+1/t23-,26+,29+,31+/m1/s1. The highest BCUT2D eigenvalue weighted by molar-refractivity contribution is 5.82. The van der Waals surface area contributed by atoms with Crippen LogP contribution >= 0.6 is 0 Å². The maximum atomic E-state index is 14.8. The van der Waals surface area contributed by atoms with Crippen molar-refractivity contribution in [1.29, 1.82) is 0 Å². The Morgan fingerprint density at radius 1 is 1.08 bits per heavy atom. The Labute approximate surface area is 215 Å². The minimum atomic E-state index is -0.117. The number of hydrogen-bond acceptors (Lipinski definition) is 2. The van der Waals surface area contributed by atoms with E-state index in [4.69, 9.17) is 0 Å². The molecule has 0 bridgehead atoms. The SMILES string of the molecule is Cc1ccc2c([nH+]1)CCC[C@]21CNC[C@H]1C(=O)N1CC[C@@H](c2ccccc2F)C[C@H]1C1CCCCC1. The van der Waals surface area contributed by atoms with Gasteiger partial charge in [0.05, 0.1) is 5.92 Å². The smallest absolute Gasteiger partial charge is 0.228 e. The lowest BCUT2D eigenvalue weighted by Crippen LogP contribution is -2.55. The molecule has 5 heteroatoms. The van der Waals surface area contributed by atoms with E-state index in [1.165, 1.54) is 49.1 Å². The lowest BCUT2D eigenvalue weighted by molar-refractivity contribution is -0.401. The summed E-state index contributed by atoms with van der Waals surface area (Å²) in [4.78, 5) is 20.4. The van der Waals surface area contributed by atoms with Crippen molar-refractivity contribution in [3.63, 3.8) is 0 Å². The number of carbonyl (C=O) groups excluding carboxylic acids is 1. The number of H-pyrrole nitrogens is 1. The van der Waals surface area contributed by atoms with E-state index in [1.807, 2.05) is 12.1 Å². The normalized spacial score (nSPS) is 30.9. The van der Waals surface area contributed by atoms with Gasteiger partial charge in [-0.1, -0.05) is 37.5 Å². The van der Waals surface area contributed by atoms with Gasteiger partial charge in [0.2, 0.25) is 5.91 Å². The third kappa shape index (κ3) is 4.17. The number of fused-ring (bicyclic) bond motifs is 2. The summed E-state index contributed by atoms with van der Waals surface area (Å²) in [5.41, 5.74) is 4.60. The highest BCUT2D eigenvalue weighted by Crippen LogP contribution is 2.47. The second-order valence-corrected chi connectivity index (χ2v) is 12.0.